The molecule has 7 nitrogen and oxygen atoms in total. The predicted octanol–water partition coefficient (Wildman–Crippen LogP) is 6.38. The standard InChI is InChI=1S/C24H16ClFN2O5S2/c1-32-20-10-5-14(11-21(20)33-13-17-18(25)3-2-4-19(17)26)12-22-23(29)27(24(34)35-22)15-6-8-16(9-7-15)28(30)31/h2-12H,13H2,1H3/b22-12-. The number of hydrogen-bond acceptors (Lipinski definition) is 7. The lowest BCUT2D eigenvalue weighted by molar-refractivity contribution is -0.384. The van der Waals surface area contributed by atoms with Crippen LogP contribution in [0.2, 0.25) is 5.02 Å². The van der Waals surface area contributed by atoms with Crippen molar-refractivity contribution < 1.29 is 23.6 Å². The number of nitrogens with zero attached hydrogens (tertiary/aromatic N) is 2. The minimum Gasteiger partial charge on any atom is -0.493 e. The number of halogens is 2. The normalized spacial score (nSPS) is 14.5. The summed E-state index contributed by atoms with van der Waals surface area (Å²) in [6, 6.07) is 15.0. The van der Waals surface area contributed by atoms with E-state index in [1.165, 1.54) is 48.4 Å². The highest BCUT2D eigenvalue weighted by atomic mass is 35.5. The first-order valence-corrected chi connectivity index (χ1v) is 11.6. The number of thioether (sulfide) groups is 1. The quantitative estimate of drug-likeness (QED) is 0.152. The molecule has 0 aliphatic carbocycles. The second kappa shape index (κ2) is 10.4. The maximum atomic E-state index is 14.1. The van der Waals surface area contributed by atoms with Gasteiger partial charge in [0, 0.05) is 17.7 Å². The van der Waals surface area contributed by atoms with Crippen molar-refractivity contribution in [1.82, 2.24) is 0 Å². The van der Waals surface area contributed by atoms with Gasteiger partial charge in [-0.05, 0) is 48.0 Å². The van der Waals surface area contributed by atoms with Crippen LogP contribution in [0.4, 0.5) is 15.8 Å². The summed E-state index contributed by atoms with van der Waals surface area (Å²) in [5.74, 6) is -0.0766. The van der Waals surface area contributed by atoms with Gasteiger partial charge in [0.1, 0.15) is 12.4 Å². The van der Waals surface area contributed by atoms with E-state index >= 15 is 0 Å². The van der Waals surface area contributed by atoms with E-state index < -0.39 is 10.7 Å². The molecule has 3 aromatic rings. The van der Waals surface area contributed by atoms with E-state index in [4.69, 9.17) is 33.3 Å². The Morgan fingerprint density at radius 1 is 1.17 bits per heavy atom. The van der Waals surface area contributed by atoms with Crippen molar-refractivity contribution in [2.75, 3.05) is 12.0 Å². The van der Waals surface area contributed by atoms with Crippen LogP contribution < -0.4 is 14.4 Å². The Morgan fingerprint density at radius 3 is 2.57 bits per heavy atom. The number of carbonyl (C=O) groups excluding carboxylic acids is 1. The summed E-state index contributed by atoms with van der Waals surface area (Å²) in [6.45, 7) is -0.117. The van der Waals surface area contributed by atoms with Gasteiger partial charge in [0.25, 0.3) is 11.6 Å². The lowest BCUT2D eigenvalue weighted by atomic mass is 10.1. The number of amides is 1. The van der Waals surface area contributed by atoms with Crippen molar-refractivity contribution in [2.45, 2.75) is 6.61 Å². The molecule has 4 rings (SSSR count). The van der Waals surface area contributed by atoms with Crippen LogP contribution in [0.15, 0.2) is 65.6 Å². The maximum absolute atomic E-state index is 14.1. The molecule has 0 radical (unpaired) electrons. The van der Waals surface area contributed by atoms with Crippen LogP contribution >= 0.6 is 35.6 Å². The third-order valence-electron chi connectivity index (χ3n) is 5.03. The van der Waals surface area contributed by atoms with Gasteiger partial charge in [-0.1, -0.05) is 47.7 Å². The molecule has 0 bridgehead atoms. The van der Waals surface area contributed by atoms with Gasteiger partial charge in [0.05, 0.1) is 27.6 Å². The molecule has 0 saturated carbocycles. The molecule has 0 N–H and O–H groups in total. The van der Waals surface area contributed by atoms with Gasteiger partial charge >= 0.3 is 0 Å². The van der Waals surface area contributed by atoms with Crippen LogP contribution in [0.3, 0.4) is 0 Å². The number of benzene rings is 3. The van der Waals surface area contributed by atoms with Crippen molar-refractivity contribution >= 4 is 63.3 Å². The van der Waals surface area contributed by atoms with E-state index in [1.54, 1.807) is 30.3 Å². The Morgan fingerprint density at radius 2 is 1.91 bits per heavy atom. The summed E-state index contributed by atoms with van der Waals surface area (Å²) in [7, 11) is 1.48. The van der Waals surface area contributed by atoms with Crippen LogP contribution in [0.25, 0.3) is 6.08 Å². The molecule has 1 fully saturated rings. The van der Waals surface area contributed by atoms with E-state index in [2.05, 4.69) is 0 Å². The van der Waals surface area contributed by atoms with Gasteiger partial charge in [0.15, 0.2) is 15.8 Å². The minimum absolute atomic E-state index is 0.0860. The average molecular weight is 531 g/mol. The summed E-state index contributed by atoms with van der Waals surface area (Å²) in [5, 5.41) is 11.1. The molecule has 0 atom stereocenters. The first-order valence-electron chi connectivity index (χ1n) is 10.0. The van der Waals surface area contributed by atoms with Crippen molar-refractivity contribution in [3.63, 3.8) is 0 Å². The molecule has 1 saturated heterocycles. The Balaban J connectivity index is 1.57. The number of anilines is 1. The van der Waals surface area contributed by atoms with Crippen molar-refractivity contribution in [2.24, 2.45) is 0 Å². The van der Waals surface area contributed by atoms with Crippen molar-refractivity contribution in [3.8, 4) is 11.5 Å². The van der Waals surface area contributed by atoms with Crippen LogP contribution in [0.5, 0.6) is 11.5 Å². The number of rotatable bonds is 7. The highest BCUT2D eigenvalue weighted by Crippen LogP contribution is 2.38. The number of carbonyl (C=O) groups is 1. The second-order valence-corrected chi connectivity index (χ2v) is 9.27. The van der Waals surface area contributed by atoms with Gasteiger partial charge in [-0.15, -0.1) is 0 Å². The number of hydrogen-bond donors (Lipinski definition) is 0. The summed E-state index contributed by atoms with van der Waals surface area (Å²) < 4.78 is 25.5. The molecular weight excluding hydrogens is 515 g/mol. The fraction of sp³-hybridized carbons (Fsp3) is 0.0833. The highest BCUT2D eigenvalue weighted by Gasteiger charge is 2.33. The van der Waals surface area contributed by atoms with Gasteiger partial charge in [-0.3, -0.25) is 19.8 Å². The summed E-state index contributed by atoms with van der Waals surface area (Å²) in [4.78, 5) is 25.1. The Bertz CT molecular complexity index is 1340. The Hall–Kier alpha value is -3.47. The number of ether oxygens (including phenoxy) is 2. The van der Waals surface area contributed by atoms with Crippen LogP contribution in [0.1, 0.15) is 11.1 Å². The zero-order chi connectivity index (χ0) is 25.1. The molecule has 11 heteroatoms. The minimum atomic E-state index is -0.516. The monoisotopic (exact) mass is 530 g/mol. The summed E-state index contributed by atoms with van der Waals surface area (Å²) in [6.07, 6.45) is 1.65. The fourth-order valence-corrected chi connectivity index (χ4v) is 4.80. The fourth-order valence-electron chi connectivity index (χ4n) is 3.28. The molecule has 1 aliphatic rings. The van der Waals surface area contributed by atoms with Crippen LogP contribution in [0, 0.1) is 15.9 Å². The molecule has 35 heavy (non-hydrogen) atoms. The summed E-state index contributed by atoms with van der Waals surface area (Å²) in [5.41, 5.74) is 1.19. The zero-order valence-corrected chi connectivity index (χ0v) is 20.5. The van der Waals surface area contributed by atoms with Gasteiger partial charge in [0.2, 0.25) is 0 Å². The molecule has 1 heterocycles. The van der Waals surface area contributed by atoms with Gasteiger partial charge < -0.3 is 9.47 Å². The molecule has 178 valence electrons. The molecule has 1 amide bonds. The van der Waals surface area contributed by atoms with Crippen molar-refractivity contribution in [1.29, 1.82) is 0 Å². The smallest absolute Gasteiger partial charge is 0.270 e. The second-order valence-electron chi connectivity index (χ2n) is 7.19. The van der Waals surface area contributed by atoms with Gasteiger partial charge in [-0.25, -0.2) is 4.39 Å². The Kier molecular flexibility index (Phi) is 7.34. The van der Waals surface area contributed by atoms with E-state index in [9.17, 15) is 19.3 Å². The number of nitro groups is 1. The third-order valence-corrected chi connectivity index (χ3v) is 6.69. The molecule has 0 unspecified atom stereocenters. The van der Waals surface area contributed by atoms with E-state index in [0.29, 0.717) is 32.0 Å². The average Bonchev–Trinajstić information content (AvgIpc) is 3.11. The first-order chi connectivity index (χ1) is 16.8. The lowest BCUT2D eigenvalue weighted by Gasteiger charge is -2.14. The number of thiocarbonyl (C=S) groups is 1. The zero-order valence-electron chi connectivity index (χ0n) is 18.1. The lowest BCUT2D eigenvalue weighted by Crippen LogP contribution is -2.27. The summed E-state index contributed by atoms with van der Waals surface area (Å²) >= 11 is 12.6. The molecule has 0 spiro atoms. The molecule has 0 aromatic heterocycles. The SMILES string of the molecule is COc1ccc(/C=C2\SC(=S)N(c3ccc([N+](=O)[O-])cc3)C2=O)cc1OCc1c(F)cccc1Cl. The molecule has 1 aliphatic heterocycles. The topological polar surface area (TPSA) is 81.9 Å². The van der Waals surface area contributed by atoms with Gasteiger partial charge in [-0.2, -0.15) is 0 Å². The van der Waals surface area contributed by atoms with E-state index in [1.807, 2.05) is 0 Å². The third kappa shape index (κ3) is 5.29. The maximum Gasteiger partial charge on any atom is 0.270 e. The largest absolute Gasteiger partial charge is 0.493 e. The molecule has 3 aromatic carbocycles. The molecular formula is C24H16ClFN2O5S2. The predicted molar refractivity (Wildman–Crippen MR) is 137 cm³/mol. The highest BCUT2D eigenvalue weighted by molar-refractivity contribution is 8.27. The van der Waals surface area contributed by atoms with Crippen molar-refractivity contribution in [3.05, 3.63) is 97.6 Å². The van der Waals surface area contributed by atoms with Crippen LogP contribution in [-0.2, 0) is 11.4 Å². The van der Waals surface area contributed by atoms with E-state index in [0.717, 1.165) is 11.8 Å². The van der Waals surface area contributed by atoms with E-state index in [-0.39, 0.29) is 28.8 Å². The number of non-ortho nitro benzene ring substituents is 1. The number of nitro benzene ring substituents is 1. The first kappa shape index (κ1) is 24.6. The number of methoxy groups -OCH3 is 1. The Labute approximate surface area is 214 Å². The van der Waals surface area contributed by atoms with Crippen LogP contribution in [-0.4, -0.2) is 22.3 Å².